The first-order valence-electron chi connectivity index (χ1n) is 5.99. The third kappa shape index (κ3) is 2.49. The highest BCUT2D eigenvalue weighted by Gasteiger charge is 2.28. The molecule has 5 nitrogen and oxygen atoms in total. The second-order valence-electron chi connectivity index (χ2n) is 4.48. The van der Waals surface area contributed by atoms with Crippen LogP contribution in [0.1, 0.15) is 19.0 Å². The lowest BCUT2D eigenvalue weighted by molar-refractivity contribution is 0.118. The maximum absolute atomic E-state index is 5.59. The monoisotopic (exact) mass is 236 g/mol. The normalized spacial score (nSPS) is 23.8. The zero-order valence-corrected chi connectivity index (χ0v) is 10.9. The first-order chi connectivity index (χ1) is 8.11. The fraction of sp³-hybridized carbons (Fsp3) is 0.667. The molecule has 0 bridgehead atoms. The van der Waals surface area contributed by atoms with Gasteiger partial charge >= 0.3 is 0 Å². The van der Waals surface area contributed by atoms with E-state index >= 15 is 0 Å². The first-order valence-corrected chi connectivity index (χ1v) is 5.99. The molecule has 0 spiro atoms. The SMILES string of the molecule is CNc1nc(C)cc(N(C)C2CCOC2C)n1. The predicted molar refractivity (Wildman–Crippen MR) is 68.5 cm³/mol. The van der Waals surface area contributed by atoms with Crippen molar-refractivity contribution in [1.29, 1.82) is 0 Å². The van der Waals surface area contributed by atoms with Gasteiger partial charge in [-0.2, -0.15) is 4.98 Å². The van der Waals surface area contributed by atoms with Crippen molar-refractivity contribution in [2.45, 2.75) is 32.4 Å². The second-order valence-corrected chi connectivity index (χ2v) is 4.48. The minimum absolute atomic E-state index is 0.258. The summed E-state index contributed by atoms with van der Waals surface area (Å²) >= 11 is 0. The van der Waals surface area contributed by atoms with Crippen LogP contribution in [0.2, 0.25) is 0 Å². The van der Waals surface area contributed by atoms with E-state index in [0.29, 0.717) is 12.0 Å². The van der Waals surface area contributed by atoms with Crippen molar-refractivity contribution in [2.75, 3.05) is 30.9 Å². The molecule has 0 aromatic carbocycles. The minimum Gasteiger partial charge on any atom is -0.376 e. The van der Waals surface area contributed by atoms with E-state index in [9.17, 15) is 0 Å². The highest BCUT2D eigenvalue weighted by Crippen LogP contribution is 2.23. The molecule has 5 heteroatoms. The number of aryl methyl sites for hydroxylation is 1. The Morgan fingerprint density at radius 3 is 2.82 bits per heavy atom. The molecule has 17 heavy (non-hydrogen) atoms. The summed E-state index contributed by atoms with van der Waals surface area (Å²) in [7, 11) is 3.90. The lowest BCUT2D eigenvalue weighted by Gasteiger charge is -2.28. The molecular weight excluding hydrogens is 216 g/mol. The van der Waals surface area contributed by atoms with Gasteiger partial charge in [0.1, 0.15) is 5.82 Å². The summed E-state index contributed by atoms with van der Waals surface area (Å²) < 4.78 is 5.59. The summed E-state index contributed by atoms with van der Waals surface area (Å²) in [5.74, 6) is 1.61. The number of nitrogens with zero attached hydrogens (tertiary/aromatic N) is 3. The molecule has 1 aromatic rings. The summed E-state index contributed by atoms with van der Waals surface area (Å²) in [5.41, 5.74) is 0.970. The highest BCUT2D eigenvalue weighted by molar-refractivity contribution is 5.45. The van der Waals surface area contributed by atoms with Crippen molar-refractivity contribution in [1.82, 2.24) is 9.97 Å². The number of hydrogen-bond acceptors (Lipinski definition) is 5. The Bertz CT molecular complexity index is 396. The number of nitrogens with one attached hydrogen (secondary N) is 1. The van der Waals surface area contributed by atoms with Crippen LogP contribution < -0.4 is 10.2 Å². The van der Waals surface area contributed by atoms with Crippen molar-refractivity contribution in [2.24, 2.45) is 0 Å². The Balaban J connectivity index is 2.23. The van der Waals surface area contributed by atoms with Crippen LogP contribution in [-0.4, -0.2) is 42.8 Å². The predicted octanol–water partition coefficient (Wildman–Crippen LogP) is 1.44. The zero-order valence-electron chi connectivity index (χ0n) is 10.9. The molecular formula is C12H20N4O. The lowest BCUT2D eigenvalue weighted by atomic mass is 10.1. The fourth-order valence-electron chi connectivity index (χ4n) is 2.24. The molecule has 2 heterocycles. The van der Waals surface area contributed by atoms with Gasteiger partial charge in [-0.05, 0) is 20.3 Å². The van der Waals surface area contributed by atoms with Crippen molar-refractivity contribution in [3.8, 4) is 0 Å². The third-order valence-electron chi connectivity index (χ3n) is 3.26. The van der Waals surface area contributed by atoms with E-state index in [-0.39, 0.29) is 6.10 Å². The van der Waals surface area contributed by atoms with Gasteiger partial charge in [0.2, 0.25) is 5.95 Å². The van der Waals surface area contributed by atoms with E-state index in [1.165, 1.54) is 0 Å². The average molecular weight is 236 g/mol. The molecule has 0 amide bonds. The molecule has 0 saturated carbocycles. The van der Waals surface area contributed by atoms with Crippen LogP contribution in [0.4, 0.5) is 11.8 Å². The number of hydrogen-bond donors (Lipinski definition) is 1. The lowest BCUT2D eigenvalue weighted by Crippen LogP contribution is -2.37. The Kier molecular flexibility index (Phi) is 3.47. The van der Waals surface area contributed by atoms with E-state index < -0.39 is 0 Å². The van der Waals surface area contributed by atoms with Crippen LogP contribution in [0.15, 0.2) is 6.07 Å². The van der Waals surface area contributed by atoms with Crippen LogP contribution in [0, 0.1) is 6.92 Å². The Morgan fingerprint density at radius 2 is 2.24 bits per heavy atom. The average Bonchev–Trinajstić information content (AvgIpc) is 2.73. The van der Waals surface area contributed by atoms with Crippen molar-refractivity contribution in [3.05, 3.63) is 11.8 Å². The van der Waals surface area contributed by atoms with Crippen LogP contribution in [0.3, 0.4) is 0 Å². The summed E-state index contributed by atoms with van der Waals surface area (Å²) in [6.45, 7) is 4.93. The second kappa shape index (κ2) is 4.87. The zero-order chi connectivity index (χ0) is 12.4. The molecule has 2 rings (SSSR count). The van der Waals surface area contributed by atoms with Crippen LogP contribution in [-0.2, 0) is 4.74 Å². The molecule has 1 aromatic heterocycles. The van der Waals surface area contributed by atoms with Gasteiger partial charge in [0.25, 0.3) is 0 Å². The van der Waals surface area contributed by atoms with E-state index in [2.05, 4.69) is 34.2 Å². The fourth-order valence-corrected chi connectivity index (χ4v) is 2.24. The molecule has 0 aliphatic carbocycles. The summed E-state index contributed by atoms with van der Waals surface area (Å²) in [6, 6.07) is 2.40. The minimum atomic E-state index is 0.258. The molecule has 0 radical (unpaired) electrons. The topological polar surface area (TPSA) is 50.3 Å². The van der Waals surface area contributed by atoms with Crippen molar-refractivity contribution in [3.63, 3.8) is 0 Å². The summed E-state index contributed by atoms with van der Waals surface area (Å²) in [6.07, 6.45) is 1.31. The quantitative estimate of drug-likeness (QED) is 0.860. The molecule has 1 aliphatic heterocycles. The van der Waals surface area contributed by atoms with Crippen LogP contribution in [0.25, 0.3) is 0 Å². The van der Waals surface area contributed by atoms with Gasteiger partial charge in [-0.25, -0.2) is 4.98 Å². The maximum atomic E-state index is 5.59. The van der Waals surface area contributed by atoms with Gasteiger partial charge in [-0.1, -0.05) is 0 Å². The van der Waals surface area contributed by atoms with Gasteiger partial charge in [0.15, 0.2) is 0 Å². The van der Waals surface area contributed by atoms with Crippen LogP contribution in [0.5, 0.6) is 0 Å². The molecule has 94 valence electrons. The molecule has 1 aliphatic rings. The summed E-state index contributed by atoms with van der Waals surface area (Å²) in [4.78, 5) is 11.0. The third-order valence-corrected chi connectivity index (χ3v) is 3.26. The molecule has 2 atom stereocenters. The van der Waals surface area contributed by atoms with Crippen LogP contribution >= 0.6 is 0 Å². The van der Waals surface area contributed by atoms with Gasteiger partial charge < -0.3 is 15.0 Å². The molecule has 1 saturated heterocycles. The van der Waals surface area contributed by atoms with Crippen molar-refractivity contribution >= 4 is 11.8 Å². The number of ether oxygens (including phenoxy) is 1. The molecule has 1 N–H and O–H groups in total. The summed E-state index contributed by atoms with van der Waals surface area (Å²) in [5, 5.41) is 2.98. The van der Waals surface area contributed by atoms with E-state index in [1.807, 2.05) is 20.0 Å². The number of anilines is 2. The van der Waals surface area contributed by atoms with Gasteiger partial charge in [0, 0.05) is 32.5 Å². The molecule has 1 fully saturated rings. The number of aromatic nitrogens is 2. The Labute approximate surface area is 102 Å². The maximum Gasteiger partial charge on any atom is 0.224 e. The smallest absolute Gasteiger partial charge is 0.224 e. The van der Waals surface area contributed by atoms with Gasteiger partial charge in [-0.15, -0.1) is 0 Å². The standard InChI is InChI=1S/C12H20N4O/c1-8-7-11(15-12(13-3)14-8)16(4)10-5-6-17-9(10)2/h7,9-10H,5-6H2,1-4H3,(H,13,14,15). The molecule has 2 unspecified atom stereocenters. The van der Waals surface area contributed by atoms with E-state index in [1.54, 1.807) is 0 Å². The largest absolute Gasteiger partial charge is 0.376 e. The first kappa shape index (κ1) is 12.1. The number of likely N-dealkylation sites (N-methyl/N-ethyl adjacent to an activating group) is 1. The van der Waals surface area contributed by atoms with E-state index in [0.717, 1.165) is 24.5 Å². The highest BCUT2D eigenvalue weighted by atomic mass is 16.5. The Morgan fingerprint density at radius 1 is 1.47 bits per heavy atom. The van der Waals surface area contributed by atoms with E-state index in [4.69, 9.17) is 4.74 Å². The van der Waals surface area contributed by atoms with Gasteiger partial charge in [0.05, 0.1) is 12.1 Å². The van der Waals surface area contributed by atoms with Gasteiger partial charge in [-0.3, -0.25) is 0 Å². The van der Waals surface area contributed by atoms with Crippen molar-refractivity contribution < 1.29 is 4.74 Å². The number of rotatable bonds is 3. The Hall–Kier alpha value is -1.36.